The smallest absolute Gasteiger partial charge is 0.246 e. The van der Waals surface area contributed by atoms with Crippen molar-refractivity contribution in [3.05, 3.63) is 71.1 Å². The van der Waals surface area contributed by atoms with Gasteiger partial charge in [0.15, 0.2) is 0 Å². The molecule has 0 spiro atoms. The van der Waals surface area contributed by atoms with E-state index >= 15 is 0 Å². The molecule has 26 heavy (non-hydrogen) atoms. The zero-order chi connectivity index (χ0) is 18.4. The van der Waals surface area contributed by atoms with Crippen LogP contribution in [0.2, 0.25) is 5.02 Å². The van der Waals surface area contributed by atoms with Crippen molar-refractivity contribution >= 4 is 29.3 Å². The van der Waals surface area contributed by atoms with Gasteiger partial charge in [0.2, 0.25) is 17.6 Å². The number of halogens is 1. The first-order chi connectivity index (χ1) is 12.6. The largest absolute Gasteiger partial charge is 0.337 e. The van der Waals surface area contributed by atoms with Crippen LogP contribution >= 0.6 is 23.4 Å². The molecule has 3 aromatic rings. The number of nitrogens with zero attached hydrogens (tertiary/aromatic N) is 3. The summed E-state index contributed by atoms with van der Waals surface area (Å²) in [7, 11) is 1.73. The van der Waals surface area contributed by atoms with E-state index in [1.165, 1.54) is 0 Å². The minimum absolute atomic E-state index is 0.0171. The molecule has 7 heteroatoms. The summed E-state index contributed by atoms with van der Waals surface area (Å²) in [5, 5.41) is 4.68. The van der Waals surface area contributed by atoms with Crippen LogP contribution in [-0.4, -0.2) is 33.7 Å². The first kappa shape index (κ1) is 18.5. The molecule has 2 aromatic carbocycles. The summed E-state index contributed by atoms with van der Waals surface area (Å²) in [5.41, 5.74) is 2.02. The standard InChI is InChI=1S/C19H18ClN3O2S/c1-23(18(24)13-26-12-14-7-9-16(20)10-8-14)11-17-21-19(22-25-17)15-5-3-2-4-6-15/h2-10H,11-13H2,1H3. The number of aromatic nitrogens is 2. The van der Waals surface area contributed by atoms with Crippen LogP contribution in [-0.2, 0) is 17.1 Å². The highest BCUT2D eigenvalue weighted by molar-refractivity contribution is 7.99. The molecule has 3 rings (SSSR count). The Balaban J connectivity index is 1.48. The third kappa shape index (κ3) is 5.09. The Morgan fingerprint density at radius 1 is 1.15 bits per heavy atom. The van der Waals surface area contributed by atoms with E-state index in [9.17, 15) is 4.79 Å². The number of thioether (sulfide) groups is 1. The lowest BCUT2D eigenvalue weighted by molar-refractivity contribution is -0.127. The maximum atomic E-state index is 12.3. The van der Waals surface area contributed by atoms with E-state index in [2.05, 4.69) is 10.1 Å². The molecule has 0 saturated carbocycles. The molecule has 0 aliphatic rings. The lowest BCUT2D eigenvalue weighted by atomic mass is 10.2. The first-order valence-corrected chi connectivity index (χ1v) is 9.59. The number of benzene rings is 2. The molecule has 0 fully saturated rings. The molecule has 134 valence electrons. The minimum Gasteiger partial charge on any atom is -0.337 e. The van der Waals surface area contributed by atoms with Crippen LogP contribution in [0.1, 0.15) is 11.5 Å². The second-order valence-corrected chi connectivity index (χ2v) is 7.17. The summed E-state index contributed by atoms with van der Waals surface area (Å²) in [6.45, 7) is 0.292. The molecule has 0 aliphatic carbocycles. The fraction of sp³-hybridized carbons (Fsp3) is 0.211. The van der Waals surface area contributed by atoms with Gasteiger partial charge in [-0.15, -0.1) is 11.8 Å². The number of carbonyl (C=O) groups excluding carboxylic acids is 1. The van der Waals surface area contributed by atoms with Gasteiger partial charge in [-0.3, -0.25) is 4.79 Å². The Labute approximate surface area is 161 Å². The first-order valence-electron chi connectivity index (χ1n) is 8.06. The Hall–Kier alpha value is -2.31. The van der Waals surface area contributed by atoms with Crippen LogP contribution in [0.15, 0.2) is 59.1 Å². The lowest BCUT2D eigenvalue weighted by Crippen LogP contribution is -2.28. The van der Waals surface area contributed by atoms with Crippen molar-refractivity contribution < 1.29 is 9.32 Å². The highest BCUT2D eigenvalue weighted by Gasteiger charge is 2.14. The zero-order valence-corrected chi connectivity index (χ0v) is 15.8. The van der Waals surface area contributed by atoms with E-state index in [0.717, 1.165) is 16.9 Å². The van der Waals surface area contributed by atoms with Crippen molar-refractivity contribution in [1.29, 1.82) is 0 Å². The summed E-state index contributed by atoms with van der Waals surface area (Å²) in [6, 6.07) is 17.2. The maximum Gasteiger partial charge on any atom is 0.246 e. The summed E-state index contributed by atoms with van der Waals surface area (Å²) in [5.74, 6) is 2.11. The number of carbonyl (C=O) groups is 1. The third-order valence-corrected chi connectivity index (χ3v) is 4.95. The molecule has 0 N–H and O–H groups in total. The minimum atomic E-state index is 0.0171. The molecular formula is C19H18ClN3O2S. The summed E-state index contributed by atoms with van der Waals surface area (Å²) >= 11 is 7.43. The van der Waals surface area contributed by atoms with E-state index in [1.54, 1.807) is 23.7 Å². The van der Waals surface area contributed by atoms with Gasteiger partial charge in [0, 0.05) is 23.4 Å². The van der Waals surface area contributed by atoms with Crippen LogP contribution in [0.25, 0.3) is 11.4 Å². The van der Waals surface area contributed by atoms with Crippen LogP contribution in [0.5, 0.6) is 0 Å². The maximum absolute atomic E-state index is 12.3. The Morgan fingerprint density at radius 3 is 2.62 bits per heavy atom. The second-order valence-electron chi connectivity index (χ2n) is 5.75. The molecule has 1 amide bonds. The molecule has 0 bridgehead atoms. The molecule has 0 radical (unpaired) electrons. The number of rotatable bonds is 7. The second kappa shape index (κ2) is 8.87. The van der Waals surface area contributed by atoms with Gasteiger partial charge in [-0.2, -0.15) is 4.98 Å². The molecule has 1 heterocycles. The quantitative estimate of drug-likeness (QED) is 0.605. The predicted octanol–water partition coefficient (Wildman–Crippen LogP) is 4.28. The molecule has 0 atom stereocenters. The molecule has 0 unspecified atom stereocenters. The Kier molecular flexibility index (Phi) is 6.30. The van der Waals surface area contributed by atoms with E-state index in [4.69, 9.17) is 16.1 Å². The molecule has 0 aliphatic heterocycles. The zero-order valence-electron chi connectivity index (χ0n) is 14.3. The van der Waals surface area contributed by atoms with Gasteiger partial charge < -0.3 is 9.42 Å². The van der Waals surface area contributed by atoms with Crippen molar-refractivity contribution in [2.45, 2.75) is 12.3 Å². The van der Waals surface area contributed by atoms with Crippen LogP contribution in [0, 0.1) is 0 Å². The average Bonchev–Trinajstić information content (AvgIpc) is 3.12. The van der Waals surface area contributed by atoms with Crippen molar-refractivity contribution in [2.24, 2.45) is 0 Å². The van der Waals surface area contributed by atoms with Gasteiger partial charge in [0.1, 0.15) is 0 Å². The lowest BCUT2D eigenvalue weighted by Gasteiger charge is -2.14. The topological polar surface area (TPSA) is 59.2 Å². The molecule has 0 saturated heterocycles. The van der Waals surface area contributed by atoms with Gasteiger partial charge >= 0.3 is 0 Å². The van der Waals surface area contributed by atoms with Gasteiger partial charge in [-0.25, -0.2) is 0 Å². The van der Waals surface area contributed by atoms with E-state index in [0.29, 0.717) is 29.0 Å². The fourth-order valence-corrected chi connectivity index (χ4v) is 3.31. The van der Waals surface area contributed by atoms with E-state index in [1.807, 2.05) is 54.6 Å². The summed E-state index contributed by atoms with van der Waals surface area (Å²) in [6.07, 6.45) is 0. The highest BCUT2D eigenvalue weighted by atomic mass is 35.5. The van der Waals surface area contributed by atoms with Crippen molar-refractivity contribution in [3.63, 3.8) is 0 Å². The Morgan fingerprint density at radius 2 is 1.88 bits per heavy atom. The van der Waals surface area contributed by atoms with Gasteiger partial charge in [0.25, 0.3) is 0 Å². The SMILES string of the molecule is CN(Cc1nc(-c2ccccc2)no1)C(=O)CSCc1ccc(Cl)cc1. The van der Waals surface area contributed by atoms with E-state index < -0.39 is 0 Å². The van der Waals surface area contributed by atoms with Gasteiger partial charge in [-0.05, 0) is 17.7 Å². The van der Waals surface area contributed by atoms with Crippen molar-refractivity contribution in [2.75, 3.05) is 12.8 Å². The third-order valence-electron chi connectivity index (χ3n) is 3.71. The monoisotopic (exact) mass is 387 g/mol. The van der Waals surface area contributed by atoms with Crippen LogP contribution in [0.4, 0.5) is 0 Å². The van der Waals surface area contributed by atoms with Crippen LogP contribution in [0.3, 0.4) is 0 Å². The molecular weight excluding hydrogens is 370 g/mol. The summed E-state index contributed by atoms with van der Waals surface area (Å²) in [4.78, 5) is 18.2. The number of amides is 1. The predicted molar refractivity (Wildman–Crippen MR) is 104 cm³/mol. The van der Waals surface area contributed by atoms with Gasteiger partial charge in [0.05, 0.1) is 12.3 Å². The van der Waals surface area contributed by atoms with Crippen molar-refractivity contribution in [1.82, 2.24) is 15.0 Å². The summed E-state index contributed by atoms with van der Waals surface area (Å²) < 4.78 is 5.25. The normalized spacial score (nSPS) is 10.7. The molecule has 1 aromatic heterocycles. The van der Waals surface area contributed by atoms with Crippen molar-refractivity contribution in [3.8, 4) is 11.4 Å². The van der Waals surface area contributed by atoms with E-state index in [-0.39, 0.29) is 5.91 Å². The number of hydrogen-bond donors (Lipinski definition) is 0. The van der Waals surface area contributed by atoms with Crippen LogP contribution < -0.4 is 0 Å². The number of hydrogen-bond acceptors (Lipinski definition) is 5. The Bertz CT molecular complexity index is 853. The van der Waals surface area contributed by atoms with Gasteiger partial charge in [-0.1, -0.05) is 59.2 Å². The average molecular weight is 388 g/mol. The molecule has 5 nitrogen and oxygen atoms in total. The fourth-order valence-electron chi connectivity index (χ4n) is 2.26. The highest BCUT2D eigenvalue weighted by Crippen LogP contribution is 2.17.